The van der Waals surface area contributed by atoms with Crippen molar-refractivity contribution in [3.05, 3.63) is 59.7 Å². The van der Waals surface area contributed by atoms with Crippen molar-refractivity contribution < 1.29 is 14.6 Å². The van der Waals surface area contributed by atoms with Crippen molar-refractivity contribution in [2.45, 2.75) is 44.8 Å². The van der Waals surface area contributed by atoms with Gasteiger partial charge in [0.1, 0.15) is 6.10 Å². The standard InChI is InChI=1S/C21H24O3/c1-15-6-8-16(9-7-15)17-10-12-18(13-11-17)19(22)4-2-3-5-20(23)21-14-24-21/h6-13,19,21-22H,2-5,14H2,1H3. The summed E-state index contributed by atoms with van der Waals surface area (Å²) in [7, 11) is 0. The molecule has 3 heteroatoms. The first-order valence-corrected chi connectivity index (χ1v) is 8.63. The molecule has 24 heavy (non-hydrogen) atoms. The Bertz CT molecular complexity index is 669. The van der Waals surface area contributed by atoms with Crippen molar-refractivity contribution in [2.24, 2.45) is 0 Å². The molecule has 2 atom stereocenters. The highest BCUT2D eigenvalue weighted by Crippen LogP contribution is 2.25. The lowest BCUT2D eigenvalue weighted by Gasteiger charge is -2.12. The fourth-order valence-corrected chi connectivity index (χ4v) is 2.84. The molecule has 1 heterocycles. The van der Waals surface area contributed by atoms with Gasteiger partial charge in [-0.1, -0.05) is 60.5 Å². The predicted molar refractivity (Wildman–Crippen MR) is 94.8 cm³/mol. The summed E-state index contributed by atoms with van der Waals surface area (Å²) in [6, 6.07) is 16.5. The summed E-state index contributed by atoms with van der Waals surface area (Å²) in [5.41, 5.74) is 4.52. The van der Waals surface area contributed by atoms with Crippen molar-refractivity contribution in [3.8, 4) is 11.1 Å². The number of rotatable bonds is 8. The second-order valence-corrected chi connectivity index (χ2v) is 6.54. The van der Waals surface area contributed by atoms with Crippen LogP contribution < -0.4 is 0 Å². The van der Waals surface area contributed by atoms with E-state index in [1.165, 1.54) is 11.1 Å². The lowest BCUT2D eigenvalue weighted by Crippen LogP contribution is -2.06. The fraction of sp³-hybridized carbons (Fsp3) is 0.381. The zero-order valence-electron chi connectivity index (χ0n) is 14.1. The highest BCUT2D eigenvalue weighted by atomic mass is 16.6. The van der Waals surface area contributed by atoms with Gasteiger partial charge in [0.25, 0.3) is 0 Å². The van der Waals surface area contributed by atoms with Gasteiger partial charge in [0, 0.05) is 6.42 Å². The second-order valence-electron chi connectivity index (χ2n) is 6.54. The van der Waals surface area contributed by atoms with Crippen LogP contribution >= 0.6 is 0 Å². The van der Waals surface area contributed by atoms with E-state index in [1.54, 1.807) is 0 Å². The number of benzene rings is 2. The summed E-state index contributed by atoms with van der Waals surface area (Å²) >= 11 is 0. The van der Waals surface area contributed by atoms with Gasteiger partial charge >= 0.3 is 0 Å². The third-order valence-corrected chi connectivity index (χ3v) is 4.52. The smallest absolute Gasteiger partial charge is 0.163 e. The number of aliphatic hydroxyl groups excluding tert-OH is 1. The minimum Gasteiger partial charge on any atom is -0.388 e. The summed E-state index contributed by atoms with van der Waals surface area (Å²) in [6.07, 6.45) is 2.30. The largest absolute Gasteiger partial charge is 0.388 e. The number of carbonyl (C=O) groups is 1. The summed E-state index contributed by atoms with van der Waals surface area (Å²) in [5, 5.41) is 10.3. The molecule has 0 spiro atoms. The van der Waals surface area contributed by atoms with Gasteiger partial charge in [-0.3, -0.25) is 4.79 Å². The molecule has 0 radical (unpaired) electrons. The van der Waals surface area contributed by atoms with Crippen LogP contribution in [0.3, 0.4) is 0 Å². The molecule has 1 saturated heterocycles. The summed E-state index contributed by atoms with van der Waals surface area (Å²) in [5.74, 6) is 0.201. The van der Waals surface area contributed by atoms with E-state index in [4.69, 9.17) is 4.74 Å². The van der Waals surface area contributed by atoms with E-state index in [1.807, 2.05) is 12.1 Å². The molecule has 3 rings (SSSR count). The molecule has 0 saturated carbocycles. The predicted octanol–water partition coefficient (Wildman–Crippen LogP) is 4.22. The number of ether oxygens (including phenoxy) is 1. The molecule has 1 fully saturated rings. The lowest BCUT2D eigenvalue weighted by molar-refractivity contribution is -0.120. The Kier molecular flexibility index (Phi) is 5.44. The Morgan fingerprint density at radius 2 is 1.67 bits per heavy atom. The first-order valence-electron chi connectivity index (χ1n) is 8.63. The number of carbonyl (C=O) groups excluding carboxylic acids is 1. The van der Waals surface area contributed by atoms with Crippen LogP contribution in [-0.2, 0) is 9.53 Å². The van der Waals surface area contributed by atoms with Gasteiger partial charge < -0.3 is 9.84 Å². The van der Waals surface area contributed by atoms with Crippen molar-refractivity contribution in [3.63, 3.8) is 0 Å². The van der Waals surface area contributed by atoms with Gasteiger partial charge in [-0.25, -0.2) is 0 Å². The van der Waals surface area contributed by atoms with E-state index in [9.17, 15) is 9.90 Å². The van der Waals surface area contributed by atoms with Crippen LogP contribution in [0.25, 0.3) is 11.1 Å². The first-order chi connectivity index (χ1) is 11.6. The fourth-order valence-electron chi connectivity index (χ4n) is 2.84. The zero-order valence-corrected chi connectivity index (χ0v) is 14.1. The molecule has 1 N–H and O–H groups in total. The molecule has 2 aromatic carbocycles. The number of unbranched alkanes of at least 4 members (excludes halogenated alkanes) is 1. The number of Topliss-reactive ketones (excluding diaryl/α,β-unsaturated/α-hetero) is 1. The zero-order chi connectivity index (χ0) is 16.9. The number of hydrogen-bond donors (Lipinski definition) is 1. The van der Waals surface area contributed by atoms with E-state index >= 15 is 0 Å². The van der Waals surface area contributed by atoms with Crippen molar-refractivity contribution >= 4 is 5.78 Å². The minimum atomic E-state index is -0.468. The minimum absolute atomic E-state index is 0.135. The molecule has 0 amide bonds. The van der Waals surface area contributed by atoms with Gasteiger partial charge in [0.15, 0.2) is 5.78 Å². The number of aryl methyl sites for hydroxylation is 1. The quantitative estimate of drug-likeness (QED) is 0.584. The Labute approximate surface area is 143 Å². The van der Waals surface area contributed by atoms with Gasteiger partial charge in [0.05, 0.1) is 12.7 Å². The van der Waals surface area contributed by atoms with Gasteiger partial charge in [0.2, 0.25) is 0 Å². The number of ketones is 1. The van der Waals surface area contributed by atoms with Crippen LogP contribution in [0.5, 0.6) is 0 Å². The summed E-state index contributed by atoms with van der Waals surface area (Å²) in [6.45, 7) is 2.67. The highest BCUT2D eigenvalue weighted by Gasteiger charge is 2.30. The van der Waals surface area contributed by atoms with E-state index in [0.29, 0.717) is 19.4 Å². The monoisotopic (exact) mass is 324 g/mol. The van der Waals surface area contributed by atoms with E-state index in [2.05, 4.69) is 43.3 Å². The molecule has 0 aromatic heterocycles. The highest BCUT2D eigenvalue weighted by molar-refractivity contribution is 5.84. The third kappa shape index (κ3) is 4.53. The molecule has 126 valence electrons. The maximum absolute atomic E-state index is 11.5. The van der Waals surface area contributed by atoms with Crippen molar-refractivity contribution in [1.29, 1.82) is 0 Å². The number of aliphatic hydroxyl groups is 1. The van der Waals surface area contributed by atoms with E-state index < -0.39 is 6.10 Å². The van der Waals surface area contributed by atoms with Crippen LogP contribution in [0.4, 0.5) is 0 Å². The summed E-state index contributed by atoms with van der Waals surface area (Å²) in [4.78, 5) is 11.5. The molecular formula is C21H24O3. The molecule has 3 nitrogen and oxygen atoms in total. The molecule has 1 aliphatic heterocycles. The SMILES string of the molecule is Cc1ccc(-c2ccc(C(O)CCCCC(=O)C3CO3)cc2)cc1. The Hall–Kier alpha value is -1.97. The third-order valence-electron chi connectivity index (χ3n) is 4.52. The van der Waals surface area contributed by atoms with Crippen molar-refractivity contribution in [1.82, 2.24) is 0 Å². The first kappa shape index (κ1) is 16.9. The van der Waals surface area contributed by atoms with Crippen LogP contribution in [0.15, 0.2) is 48.5 Å². The molecule has 2 aromatic rings. The van der Waals surface area contributed by atoms with Gasteiger partial charge in [-0.2, -0.15) is 0 Å². The molecule has 0 aliphatic carbocycles. The molecule has 1 aliphatic rings. The average Bonchev–Trinajstić information content (AvgIpc) is 3.44. The lowest BCUT2D eigenvalue weighted by atomic mass is 9.98. The van der Waals surface area contributed by atoms with Crippen LogP contribution in [0, 0.1) is 6.92 Å². The van der Waals surface area contributed by atoms with Crippen LogP contribution in [-0.4, -0.2) is 23.6 Å². The van der Waals surface area contributed by atoms with Crippen LogP contribution in [0.1, 0.15) is 42.9 Å². The second kappa shape index (κ2) is 7.73. The van der Waals surface area contributed by atoms with E-state index in [-0.39, 0.29) is 11.9 Å². The molecular weight excluding hydrogens is 300 g/mol. The maximum Gasteiger partial charge on any atom is 0.163 e. The average molecular weight is 324 g/mol. The topological polar surface area (TPSA) is 49.8 Å². The van der Waals surface area contributed by atoms with Crippen molar-refractivity contribution in [2.75, 3.05) is 6.61 Å². The van der Waals surface area contributed by atoms with Gasteiger partial charge in [-0.15, -0.1) is 0 Å². The van der Waals surface area contributed by atoms with E-state index in [0.717, 1.165) is 24.0 Å². The molecule has 2 unspecified atom stereocenters. The summed E-state index contributed by atoms with van der Waals surface area (Å²) < 4.78 is 4.97. The van der Waals surface area contributed by atoms with Crippen LogP contribution in [0.2, 0.25) is 0 Å². The maximum atomic E-state index is 11.5. The Morgan fingerprint density at radius 3 is 2.25 bits per heavy atom. The molecule has 0 bridgehead atoms. The number of epoxide rings is 1. The Morgan fingerprint density at radius 1 is 1.08 bits per heavy atom. The number of hydrogen-bond acceptors (Lipinski definition) is 3. The van der Waals surface area contributed by atoms with Gasteiger partial charge in [-0.05, 0) is 36.5 Å². The normalized spacial score (nSPS) is 17.5. The Balaban J connectivity index is 1.48.